The number of nitrogens with two attached hydrogens (primary N) is 1. The third-order valence-corrected chi connectivity index (χ3v) is 9.75. The number of nitrogens with one attached hydrogen (secondary N) is 2. The Morgan fingerprint density at radius 1 is 1.25 bits per heavy atom. The number of hydrogen-bond donors (Lipinski definition) is 3. The first-order valence-corrected chi connectivity index (χ1v) is 14.8. The Hall–Kier alpha value is -2.25. The molecule has 3 saturated carbocycles. The fraction of sp³-hybridized carbons (Fsp3) is 0.889. The highest BCUT2D eigenvalue weighted by molar-refractivity contribution is 6.47. The average molecular weight is 564 g/mol. The molecule has 224 valence electrons. The van der Waals surface area contributed by atoms with Gasteiger partial charge in [0.15, 0.2) is 5.03 Å². The van der Waals surface area contributed by atoms with E-state index in [-0.39, 0.29) is 59.6 Å². The molecule has 13 heteroatoms. The van der Waals surface area contributed by atoms with Gasteiger partial charge in [0.1, 0.15) is 5.78 Å². The van der Waals surface area contributed by atoms with E-state index in [1.165, 1.54) is 0 Å². The molecule has 5 rings (SSSR count). The number of guanidine groups is 1. The van der Waals surface area contributed by atoms with E-state index in [4.69, 9.17) is 19.8 Å². The third-order valence-electron chi connectivity index (χ3n) is 9.75. The summed E-state index contributed by atoms with van der Waals surface area (Å²) < 4.78 is 18.6. The van der Waals surface area contributed by atoms with Gasteiger partial charge in [-0.2, -0.15) is 0 Å². The topological polar surface area (TPSA) is 167 Å². The molecule has 3 aliphatic carbocycles. The maximum atomic E-state index is 13.7. The van der Waals surface area contributed by atoms with E-state index >= 15 is 0 Å². The number of hydrogen-bond acceptors (Lipinski definition) is 8. The van der Waals surface area contributed by atoms with Gasteiger partial charge in [-0.05, 0) is 68.6 Å². The monoisotopic (exact) mass is 563 g/mol. The number of nitro groups is 1. The van der Waals surface area contributed by atoms with Crippen LogP contribution in [-0.4, -0.2) is 67.2 Å². The Kier molecular flexibility index (Phi) is 9.46. The lowest BCUT2D eigenvalue weighted by atomic mass is 9.43. The van der Waals surface area contributed by atoms with E-state index in [0.717, 1.165) is 12.8 Å². The Balaban J connectivity index is 1.43. The van der Waals surface area contributed by atoms with Gasteiger partial charge >= 0.3 is 7.12 Å². The first-order chi connectivity index (χ1) is 18.8. The molecule has 2 aliphatic heterocycles. The van der Waals surface area contributed by atoms with Crippen molar-refractivity contribution in [1.82, 2.24) is 10.7 Å². The molecule has 5 aliphatic rings. The number of carbonyl (C=O) groups is 2. The number of nitrogens with zero attached hydrogens (tertiary/aromatic N) is 2. The van der Waals surface area contributed by atoms with Gasteiger partial charge in [-0.25, -0.2) is 15.1 Å². The molecule has 0 aromatic rings. The quantitative estimate of drug-likeness (QED) is 0.0760. The van der Waals surface area contributed by atoms with Gasteiger partial charge in [-0.1, -0.05) is 33.1 Å². The number of ketones is 1. The van der Waals surface area contributed by atoms with E-state index < -0.39 is 18.1 Å². The minimum Gasteiger partial charge on any atom is -0.404 e. The molecule has 1 amide bonds. The molecule has 0 aromatic carbocycles. The second kappa shape index (κ2) is 12.3. The Morgan fingerprint density at radius 3 is 2.62 bits per heavy atom. The highest BCUT2D eigenvalue weighted by Crippen LogP contribution is 2.65. The summed E-state index contributed by atoms with van der Waals surface area (Å²) in [5.74, 6) is -0.272. The Labute approximate surface area is 237 Å². The van der Waals surface area contributed by atoms with E-state index in [1.54, 1.807) is 0 Å². The number of hydrazine groups is 1. The van der Waals surface area contributed by atoms with Crippen LogP contribution in [0.1, 0.15) is 79.6 Å². The molecule has 4 N–H and O–H groups in total. The lowest BCUT2D eigenvalue weighted by Crippen LogP contribution is -2.65. The largest absolute Gasteiger partial charge is 0.481 e. The molecular formula is C27H46BN5O7. The van der Waals surface area contributed by atoms with E-state index in [9.17, 15) is 19.7 Å². The van der Waals surface area contributed by atoms with Crippen molar-refractivity contribution >= 4 is 24.8 Å². The molecule has 0 aromatic heterocycles. The number of amides is 1. The number of aliphatic imine (C=N–C) groups is 1. The Bertz CT molecular complexity index is 988. The second-order valence-corrected chi connectivity index (χ2v) is 13.3. The molecule has 0 spiro atoms. The minimum atomic E-state index is -0.777. The first-order valence-electron chi connectivity index (χ1n) is 14.8. The van der Waals surface area contributed by atoms with Crippen LogP contribution >= 0.6 is 0 Å². The Morgan fingerprint density at radius 2 is 2.00 bits per heavy atom. The molecule has 40 heavy (non-hydrogen) atoms. The molecular weight excluding hydrogens is 517 g/mol. The van der Waals surface area contributed by atoms with Crippen molar-refractivity contribution in [3.8, 4) is 0 Å². The number of carbonyl (C=O) groups excluding carboxylic acids is 2. The first kappa shape index (κ1) is 30.7. The molecule has 1 unspecified atom stereocenters. The van der Waals surface area contributed by atoms with Crippen LogP contribution in [0.2, 0.25) is 0 Å². The van der Waals surface area contributed by atoms with Crippen molar-refractivity contribution in [3.63, 3.8) is 0 Å². The summed E-state index contributed by atoms with van der Waals surface area (Å²) in [5, 5.41) is 13.0. The summed E-state index contributed by atoms with van der Waals surface area (Å²) in [6.45, 7) is 12.1. The lowest BCUT2D eigenvalue weighted by Gasteiger charge is -2.64. The highest BCUT2D eigenvalue weighted by atomic mass is 16.7. The number of ether oxygens (including phenoxy) is 1. The van der Waals surface area contributed by atoms with Crippen molar-refractivity contribution in [2.24, 2.45) is 45.7 Å². The van der Waals surface area contributed by atoms with Gasteiger partial charge in [0.2, 0.25) is 5.91 Å². The van der Waals surface area contributed by atoms with Gasteiger partial charge in [0.05, 0.1) is 24.3 Å². The van der Waals surface area contributed by atoms with Crippen LogP contribution in [0.4, 0.5) is 0 Å². The fourth-order valence-electron chi connectivity index (χ4n) is 7.31. The van der Waals surface area contributed by atoms with Gasteiger partial charge in [-0.3, -0.25) is 9.59 Å². The number of rotatable bonds is 13. The molecule has 2 saturated heterocycles. The van der Waals surface area contributed by atoms with Crippen LogP contribution in [0.25, 0.3) is 0 Å². The van der Waals surface area contributed by atoms with Crippen molar-refractivity contribution in [2.75, 3.05) is 19.8 Å². The van der Waals surface area contributed by atoms with Crippen LogP contribution in [0.5, 0.6) is 0 Å². The molecule has 5 fully saturated rings. The van der Waals surface area contributed by atoms with Crippen LogP contribution < -0.4 is 16.5 Å². The van der Waals surface area contributed by atoms with Gasteiger partial charge in [-0.15, -0.1) is 0 Å². The molecule has 7 atom stereocenters. The zero-order chi connectivity index (χ0) is 29.2. The van der Waals surface area contributed by atoms with Crippen molar-refractivity contribution in [1.29, 1.82) is 0 Å². The van der Waals surface area contributed by atoms with Gasteiger partial charge in [0.25, 0.3) is 5.96 Å². The summed E-state index contributed by atoms with van der Waals surface area (Å²) >= 11 is 0. The maximum Gasteiger partial charge on any atom is 0.481 e. The summed E-state index contributed by atoms with van der Waals surface area (Å²) in [6.07, 6.45) is 4.41. The van der Waals surface area contributed by atoms with Crippen molar-refractivity contribution in [2.45, 2.75) is 97.2 Å². The average Bonchev–Trinajstić information content (AvgIpc) is 3.52. The lowest BCUT2D eigenvalue weighted by molar-refractivity contribution is -0.525. The summed E-state index contributed by atoms with van der Waals surface area (Å²) in [5.41, 5.74) is 7.16. The molecule has 2 heterocycles. The SMILES string of the molecule is CC(C)C[C@H](NC(=O)[C@H](CCCN=C(N)N[N+](=O)[O-])CC(=O)C1CCOC1)B1O[C@@H]2C[C@H]3C[C@H](C3(C)C)[C@]2(C)O1. The fourth-order valence-corrected chi connectivity index (χ4v) is 7.31. The second-order valence-electron chi connectivity index (χ2n) is 13.3. The molecule has 12 nitrogen and oxygen atoms in total. The van der Waals surface area contributed by atoms with E-state index in [2.05, 4.69) is 44.9 Å². The van der Waals surface area contributed by atoms with Crippen LogP contribution in [-0.2, 0) is 23.6 Å². The standard InChI is InChI=1S/C27H46BN5O7/c1-16(2)11-23(28-39-22-14-19-13-21(26(19,3)4)27(22,5)40-28)31-24(35)17(12-20(34)18-8-10-38-15-18)7-6-9-30-25(29)32-33(36)37/h16-19,21-23H,6-15H2,1-5H3,(H,31,35)(H3,29,30,32)/t17-,18?,19-,21-,22-,23+,27+/m1/s1. The number of Topliss-reactive ketones (excluding diaryl/α,β-unsaturated/α-hetero) is 1. The van der Waals surface area contributed by atoms with Crippen molar-refractivity contribution < 1.29 is 28.7 Å². The predicted octanol–water partition coefficient (Wildman–Crippen LogP) is 2.27. The normalized spacial score (nSPS) is 32.2. The predicted molar refractivity (Wildman–Crippen MR) is 149 cm³/mol. The van der Waals surface area contributed by atoms with E-state index in [0.29, 0.717) is 56.7 Å². The highest BCUT2D eigenvalue weighted by Gasteiger charge is 2.68. The van der Waals surface area contributed by atoms with Crippen LogP contribution in [0.3, 0.4) is 0 Å². The summed E-state index contributed by atoms with van der Waals surface area (Å²) in [6, 6.07) is 0. The third kappa shape index (κ3) is 6.62. The van der Waals surface area contributed by atoms with E-state index in [1.807, 2.05) is 5.43 Å². The summed E-state index contributed by atoms with van der Waals surface area (Å²) in [7, 11) is -0.548. The zero-order valence-electron chi connectivity index (χ0n) is 24.5. The summed E-state index contributed by atoms with van der Waals surface area (Å²) in [4.78, 5) is 41.2. The molecule has 0 radical (unpaired) electrons. The maximum absolute atomic E-state index is 13.7. The van der Waals surface area contributed by atoms with Gasteiger partial charge < -0.3 is 25.1 Å². The van der Waals surface area contributed by atoms with Crippen molar-refractivity contribution in [3.05, 3.63) is 10.1 Å². The zero-order valence-corrected chi connectivity index (χ0v) is 24.5. The van der Waals surface area contributed by atoms with Crippen LogP contribution in [0.15, 0.2) is 4.99 Å². The minimum absolute atomic E-state index is 0.0108. The van der Waals surface area contributed by atoms with Crippen LogP contribution in [0, 0.1) is 45.1 Å². The van der Waals surface area contributed by atoms with Gasteiger partial charge in [0, 0.05) is 31.4 Å². The smallest absolute Gasteiger partial charge is 0.404 e. The molecule has 2 bridgehead atoms.